The fourth-order valence-electron chi connectivity index (χ4n) is 3.30. The zero-order chi connectivity index (χ0) is 14.3. The van der Waals surface area contributed by atoms with Crippen LogP contribution in [0.15, 0.2) is 16.6 Å². The highest BCUT2D eigenvalue weighted by Crippen LogP contribution is 2.38. The fourth-order valence-corrected chi connectivity index (χ4v) is 3.65. The minimum Gasteiger partial charge on any atom is -0.322 e. The lowest BCUT2D eigenvalue weighted by molar-refractivity contribution is -0.118. The van der Waals surface area contributed by atoms with Crippen LogP contribution in [-0.2, 0) is 4.79 Å². The Bertz CT molecular complexity index is 552. The Morgan fingerprint density at radius 1 is 1.30 bits per heavy atom. The molecular weight excluding hydrogens is 330 g/mol. The van der Waals surface area contributed by atoms with E-state index in [9.17, 15) is 13.6 Å². The van der Waals surface area contributed by atoms with Crippen LogP contribution >= 0.6 is 15.9 Å². The van der Waals surface area contributed by atoms with Gasteiger partial charge in [0.15, 0.2) is 0 Å². The van der Waals surface area contributed by atoms with Gasteiger partial charge in [0.2, 0.25) is 5.91 Å². The van der Waals surface area contributed by atoms with Gasteiger partial charge in [-0.3, -0.25) is 4.79 Å². The first-order valence-electron chi connectivity index (χ1n) is 6.75. The van der Waals surface area contributed by atoms with Crippen molar-refractivity contribution >= 4 is 27.5 Å². The lowest BCUT2D eigenvalue weighted by Crippen LogP contribution is -2.39. The molecule has 1 aromatic rings. The van der Waals surface area contributed by atoms with Gasteiger partial charge in [-0.25, -0.2) is 8.78 Å². The van der Waals surface area contributed by atoms with Gasteiger partial charge in [-0.2, -0.15) is 0 Å². The van der Waals surface area contributed by atoms with Crippen molar-refractivity contribution in [2.75, 3.05) is 11.9 Å². The van der Waals surface area contributed by atoms with Crippen LogP contribution in [0.2, 0.25) is 0 Å². The van der Waals surface area contributed by atoms with Gasteiger partial charge >= 0.3 is 0 Å². The van der Waals surface area contributed by atoms with Crippen molar-refractivity contribution in [2.45, 2.75) is 25.3 Å². The summed E-state index contributed by atoms with van der Waals surface area (Å²) in [7, 11) is 0. The lowest BCUT2D eigenvalue weighted by atomic mass is 9.93. The number of halogens is 3. The summed E-state index contributed by atoms with van der Waals surface area (Å²) < 4.78 is 26.9. The number of hydrogen-bond donors (Lipinski definition) is 2. The third-order valence-electron chi connectivity index (χ3n) is 4.30. The number of fused-ring (bicyclic) bond motifs is 1. The summed E-state index contributed by atoms with van der Waals surface area (Å²) in [6.07, 6.45) is 3.33. The SMILES string of the molecule is O=C(Nc1cc(Br)c(F)cc1F)C1NCC2CCCC21. The number of nitrogens with one attached hydrogen (secondary N) is 2. The normalized spacial score (nSPS) is 28.4. The van der Waals surface area contributed by atoms with E-state index in [2.05, 4.69) is 26.6 Å². The number of rotatable bonds is 2. The van der Waals surface area contributed by atoms with Crippen molar-refractivity contribution in [3.05, 3.63) is 28.2 Å². The number of amides is 1. The third-order valence-corrected chi connectivity index (χ3v) is 4.90. The zero-order valence-corrected chi connectivity index (χ0v) is 12.3. The fraction of sp³-hybridized carbons (Fsp3) is 0.500. The summed E-state index contributed by atoms with van der Waals surface area (Å²) in [6, 6.07) is 1.75. The Balaban J connectivity index is 1.75. The number of carbonyl (C=O) groups excluding carboxylic acids is 1. The molecule has 2 aliphatic rings. The van der Waals surface area contributed by atoms with Gasteiger partial charge in [0, 0.05) is 6.07 Å². The van der Waals surface area contributed by atoms with Crippen molar-refractivity contribution in [3.8, 4) is 0 Å². The van der Waals surface area contributed by atoms with Gasteiger partial charge in [-0.05, 0) is 53.2 Å². The zero-order valence-electron chi connectivity index (χ0n) is 10.8. The quantitative estimate of drug-likeness (QED) is 0.809. The minimum atomic E-state index is -0.764. The summed E-state index contributed by atoms with van der Waals surface area (Å²) in [5.41, 5.74) is 0.00604. The molecule has 1 heterocycles. The summed E-state index contributed by atoms with van der Waals surface area (Å²) in [5.74, 6) is -0.801. The second-order valence-corrected chi connectivity index (χ2v) is 6.33. The van der Waals surface area contributed by atoms with E-state index < -0.39 is 11.6 Å². The molecule has 2 fully saturated rings. The molecular formula is C14H15BrF2N2O. The Morgan fingerprint density at radius 3 is 2.90 bits per heavy atom. The first-order chi connectivity index (χ1) is 9.56. The number of carbonyl (C=O) groups is 1. The van der Waals surface area contributed by atoms with E-state index in [0.717, 1.165) is 31.9 Å². The van der Waals surface area contributed by atoms with Crippen LogP contribution in [0.3, 0.4) is 0 Å². The largest absolute Gasteiger partial charge is 0.322 e. The highest BCUT2D eigenvalue weighted by Gasteiger charge is 2.42. The standard InChI is InChI=1S/C14H15BrF2N2O/c15-9-4-12(11(17)5-10(9)16)19-14(20)13-8-3-1-2-7(8)6-18-13/h4-5,7-8,13,18H,1-3,6H2,(H,19,20). The predicted octanol–water partition coefficient (Wildman–Crippen LogP) is 3.05. The molecule has 1 saturated carbocycles. The summed E-state index contributed by atoms with van der Waals surface area (Å²) in [5, 5.41) is 5.76. The van der Waals surface area contributed by atoms with Gasteiger partial charge < -0.3 is 10.6 Å². The van der Waals surface area contributed by atoms with Gasteiger partial charge in [0.25, 0.3) is 0 Å². The molecule has 2 N–H and O–H groups in total. The lowest BCUT2D eigenvalue weighted by Gasteiger charge is -2.18. The van der Waals surface area contributed by atoms with Crippen LogP contribution in [0.4, 0.5) is 14.5 Å². The van der Waals surface area contributed by atoms with Crippen molar-refractivity contribution in [3.63, 3.8) is 0 Å². The molecule has 1 aliphatic carbocycles. The number of benzene rings is 1. The van der Waals surface area contributed by atoms with Crippen LogP contribution in [0.1, 0.15) is 19.3 Å². The molecule has 0 bridgehead atoms. The average molecular weight is 345 g/mol. The Labute approximate surface area is 124 Å². The minimum absolute atomic E-state index is 0.00604. The molecule has 3 unspecified atom stereocenters. The number of anilines is 1. The second kappa shape index (κ2) is 5.41. The van der Waals surface area contributed by atoms with Crippen LogP contribution < -0.4 is 10.6 Å². The van der Waals surface area contributed by atoms with Crippen molar-refractivity contribution in [1.29, 1.82) is 0 Å². The summed E-state index contributed by atoms with van der Waals surface area (Å²) in [6.45, 7) is 0.846. The van der Waals surface area contributed by atoms with Crippen LogP contribution in [0.25, 0.3) is 0 Å². The van der Waals surface area contributed by atoms with Crippen molar-refractivity contribution < 1.29 is 13.6 Å². The maximum Gasteiger partial charge on any atom is 0.241 e. The highest BCUT2D eigenvalue weighted by atomic mass is 79.9. The van der Waals surface area contributed by atoms with E-state index in [4.69, 9.17) is 0 Å². The predicted molar refractivity (Wildman–Crippen MR) is 75.3 cm³/mol. The van der Waals surface area contributed by atoms with Crippen molar-refractivity contribution in [2.24, 2.45) is 11.8 Å². The molecule has 6 heteroatoms. The molecule has 0 aromatic heterocycles. The molecule has 1 aliphatic heterocycles. The first kappa shape index (κ1) is 13.9. The summed E-state index contributed by atoms with van der Waals surface area (Å²) in [4.78, 5) is 12.3. The maximum absolute atomic E-state index is 13.6. The van der Waals surface area contributed by atoms with Crippen LogP contribution in [0.5, 0.6) is 0 Å². The van der Waals surface area contributed by atoms with Gasteiger partial charge in [0.05, 0.1) is 16.2 Å². The van der Waals surface area contributed by atoms with Crippen LogP contribution in [0, 0.1) is 23.5 Å². The monoisotopic (exact) mass is 344 g/mol. The second-order valence-electron chi connectivity index (χ2n) is 5.48. The molecule has 0 spiro atoms. The Kier molecular flexibility index (Phi) is 3.77. The number of hydrogen-bond acceptors (Lipinski definition) is 2. The van der Waals surface area contributed by atoms with Gasteiger partial charge in [0.1, 0.15) is 11.6 Å². The van der Waals surface area contributed by atoms with E-state index in [-0.39, 0.29) is 22.1 Å². The molecule has 0 radical (unpaired) electrons. The van der Waals surface area contributed by atoms with E-state index in [0.29, 0.717) is 11.8 Å². The molecule has 20 heavy (non-hydrogen) atoms. The first-order valence-corrected chi connectivity index (χ1v) is 7.54. The molecule has 3 rings (SSSR count). The molecule has 1 aromatic carbocycles. The van der Waals surface area contributed by atoms with Gasteiger partial charge in [-0.1, -0.05) is 6.42 Å². The maximum atomic E-state index is 13.6. The molecule has 1 amide bonds. The van der Waals surface area contributed by atoms with E-state index >= 15 is 0 Å². The topological polar surface area (TPSA) is 41.1 Å². The highest BCUT2D eigenvalue weighted by molar-refractivity contribution is 9.10. The van der Waals surface area contributed by atoms with Gasteiger partial charge in [-0.15, -0.1) is 0 Å². The summed E-state index contributed by atoms with van der Waals surface area (Å²) >= 11 is 2.99. The van der Waals surface area contributed by atoms with Crippen molar-refractivity contribution in [1.82, 2.24) is 5.32 Å². The molecule has 108 valence electrons. The van der Waals surface area contributed by atoms with E-state index in [1.165, 1.54) is 6.07 Å². The average Bonchev–Trinajstić information content (AvgIpc) is 2.97. The van der Waals surface area contributed by atoms with E-state index in [1.54, 1.807) is 0 Å². The molecule has 3 atom stereocenters. The Hall–Kier alpha value is -1.01. The molecule has 3 nitrogen and oxygen atoms in total. The molecule has 1 saturated heterocycles. The smallest absolute Gasteiger partial charge is 0.241 e. The third kappa shape index (κ3) is 2.46. The van der Waals surface area contributed by atoms with E-state index in [1.807, 2.05) is 0 Å². The van der Waals surface area contributed by atoms with Crippen LogP contribution in [-0.4, -0.2) is 18.5 Å². The Morgan fingerprint density at radius 2 is 2.10 bits per heavy atom.